The first kappa shape index (κ1) is 20.4. The van der Waals surface area contributed by atoms with Crippen LogP contribution in [-0.2, 0) is 11.3 Å². The Labute approximate surface area is 186 Å². The zero-order valence-corrected chi connectivity index (χ0v) is 17.9. The second kappa shape index (κ2) is 7.90. The lowest BCUT2D eigenvalue weighted by Crippen LogP contribution is -2.23. The number of rotatable bonds is 5. The van der Waals surface area contributed by atoms with E-state index in [0.29, 0.717) is 27.9 Å². The molecule has 0 saturated heterocycles. The number of H-pyrrole nitrogens is 1. The van der Waals surface area contributed by atoms with Crippen molar-refractivity contribution in [2.24, 2.45) is 0 Å². The van der Waals surface area contributed by atoms with Gasteiger partial charge in [0, 0.05) is 18.1 Å². The lowest BCUT2D eigenvalue weighted by molar-refractivity contribution is 0.0525. The Morgan fingerprint density at radius 3 is 2.61 bits per heavy atom. The van der Waals surface area contributed by atoms with E-state index in [2.05, 4.69) is 15.2 Å². The number of pyridine rings is 3. The average Bonchev–Trinajstić information content (AvgIpc) is 3.45. The summed E-state index contributed by atoms with van der Waals surface area (Å²) in [5.41, 5.74) is 0.802. The monoisotopic (exact) mass is 445 g/mol. The summed E-state index contributed by atoms with van der Waals surface area (Å²) >= 11 is 0. The molecular formula is C23H19N5O5. The van der Waals surface area contributed by atoms with Crippen LogP contribution in [0.5, 0.6) is 0 Å². The molecule has 0 saturated carbocycles. The average molecular weight is 445 g/mol. The molecular weight excluding hydrogens is 426 g/mol. The lowest BCUT2D eigenvalue weighted by Gasteiger charge is -2.09. The maximum Gasteiger partial charge on any atom is 0.343 e. The molecule has 0 spiro atoms. The van der Waals surface area contributed by atoms with E-state index in [9.17, 15) is 14.4 Å². The molecule has 166 valence electrons. The van der Waals surface area contributed by atoms with E-state index in [1.54, 1.807) is 50.6 Å². The van der Waals surface area contributed by atoms with Gasteiger partial charge in [0.15, 0.2) is 5.82 Å². The van der Waals surface area contributed by atoms with Crippen molar-refractivity contribution in [3.05, 3.63) is 86.7 Å². The minimum Gasteiger partial charge on any atom is -0.467 e. The van der Waals surface area contributed by atoms with Crippen molar-refractivity contribution in [1.82, 2.24) is 24.3 Å². The summed E-state index contributed by atoms with van der Waals surface area (Å²) in [6, 6.07) is 8.42. The lowest BCUT2D eigenvalue weighted by atomic mass is 10.1. The summed E-state index contributed by atoms with van der Waals surface area (Å²) in [6.45, 7) is 3.82. The first-order chi connectivity index (χ1) is 16.0. The summed E-state index contributed by atoms with van der Waals surface area (Å²) in [5.74, 6) is 0.178. The molecule has 0 fully saturated rings. The molecule has 0 aliphatic rings. The van der Waals surface area contributed by atoms with Gasteiger partial charge in [-0.2, -0.15) is 5.10 Å². The highest BCUT2D eigenvalue weighted by Crippen LogP contribution is 2.19. The maximum atomic E-state index is 13.4. The normalized spacial score (nSPS) is 11.3. The Balaban J connectivity index is 1.68. The number of esters is 1. The molecule has 5 rings (SSSR count). The second-order valence-corrected chi connectivity index (χ2v) is 7.44. The molecule has 5 aromatic rings. The van der Waals surface area contributed by atoms with Crippen molar-refractivity contribution in [1.29, 1.82) is 0 Å². The van der Waals surface area contributed by atoms with Gasteiger partial charge in [-0.05, 0) is 44.2 Å². The van der Waals surface area contributed by atoms with Crippen molar-refractivity contribution in [2.75, 3.05) is 6.61 Å². The van der Waals surface area contributed by atoms with Crippen LogP contribution in [0.25, 0.3) is 27.6 Å². The van der Waals surface area contributed by atoms with Gasteiger partial charge in [0.05, 0.1) is 41.2 Å². The Kier molecular flexibility index (Phi) is 4.89. The van der Waals surface area contributed by atoms with Crippen LogP contribution in [0.15, 0.2) is 63.0 Å². The van der Waals surface area contributed by atoms with Crippen molar-refractivity contribution in [2.45, 2.75) is 20.4 Å². The van der Waals surface area contributed by atoms with E-state index in [1.165, 1.54) is 21.4 Å². The van der Waals surface area contributed by atoms with Crippen LogP contribution in [0.3, 0.4) is 0 Å². The molecule has 0 bridgehead atoms. The zero-order valence-electron chi connectivity index (χ0n) is 17.9. The Morgan fingerprint density at radius 2 is 1.88 bits per heavy atom. The molecule has 0 aliphatic heterocycles. The number of carbonyl (C=O) groups is 1. The topological polar surface area (TPSA) is 125 Å². The smallest absolute Gasteiger partial charge is 0.343 e. The first-order valence-electron chi connectivity index (χ1n) is 10.3. The summed E-state index contributed by atoms with van der Waals surface area (Å²) in [4.78, 5) is 43.4. The van der Waals surface area contributed by atoms with E-state index in [1.807, 2.05) is 0 Å². The molecule has 0 aliphatic carbocycles. The predicted molar refractivity (Wildman–Crippen MR) is 120 cm³/mol. The van der Waals surface area contributed by atoms with Crippen molar-refractivity contribution < 1.29 is 13.9 Å². The van der Waals surface area contributed by atoms with Gasteiger partial charge in [-0.1, -0.05) is 0 Å². The van der Waals surface area contributed by atoms with E-state index >= 15 is 0 Å². The molecule has 0 amide bonds. The fourth-order valence-electron chi connectivity index (χ4n) is 3.76. The number of aromatic nitrogens is 5. The summed E-state index contributed by atoms with van der Waals surface area (Å²) in [7, 11) is 0. The van der Waals surface area contributed by atoms with Gasteiger partial charge in [-0.15, -0.1) is 0 Å². The molecule has 0 aromatic carbocycles. The highest BCUT2D eigenvalue weighted by atomic mass is 16.5. The highest BCUT2D eigenvalue weighted by molar-refractivity contribution is 5.95. The summed E-state index contributed by atoms with van der Waals surface area (Å²) in [6.07, 6.45) is 4.69. The van der Waals surface area contributed by atoms with Crippen LogP contribution >= 0.6 is 0 Å². The predicted octanol–water partition coefficient (Wildman–Crippen LogP) is 2.55. The molecule has 0 atom stereocenters. The molecule has 0 radical (unpaired) electrons. The van der Waals surface area contributed by atoms with Crippen LogP contribution in [0.2, 0.25) is 0 Å². The number of hydrogen-bond acceptors (Lipinski definition) is 7. The third-order valence-corrected chi connectivity index (χ3v) is 5.36. The van der Waals surface area contributed by atoms with Crippen molar-refractivity contribution >= 4 is 27.8 Å². The largest absolute Gasteiger partial charge is 0.467 e. The highest BCUT2D eigenvalue weighted by Gasteiger charge is 2.22. The van der Waals surface area contributed by atoms with Gasteiger partial charge in [-0.3, -0.25) is 19.3 Å². The number of furan rings is 1. The van der Waals surface area contributed by atoms with Crippen LogP contribution in [-0.4, -0.2) is 36.9 Å². The minimum absolute atomic E-state index is 0.126. The van der Waals surface area contributed by atoms with E-state index < -0.39 is 11.5 Å². The Hall–Kier alpha value is -4.47. The van der Waals surface area contributed by atoms with Gasteiger partial charge < -0.3 is 13.7 Å². The number of hydrogen-bond donors (Lipinski definition) is 1. The van der Waals surface area contributed by atoms with Crippen LogP contribution in [0, 0.1) is 6.92 Å². The van der Waals surface area contributed by atoms with Gasteiger partial charge in [-0.25, -0.2) is 9.78 Å². The summed E-state index contributed by atoms with van der Waals surface area (Å²) in [5, 5.41) is 7.39. The third-order valence-electron chi connectivity index (χ3n) is 5.36. The number of aryl methyl sites for hydroxylation is 1. The standard InChI is InChI=1S/C23H19N5O5/c1-3-32-23(31)19-13(2)25-26-20(19)28-9-7-18-16(22(28)30)11-15-17(24-18)6-8-27(21(15)29)12-14-5-4-10-33-14/h4-11H,3,12H2,1-2H3,(H,25,26). The number of nitrogens with zero attached hydrogens (tertiary/aromatic N) is 4. The van der Waals surface area contributed by atoms with Gasteiger partial charge in [0.2, 0.25) is 0 Å². The molecule has 1 N–H and O–H groups in total. The first-order valence-corrected chi connectivity index (χ1v) is 10.3. The SMILES string of the molecule is CCOC(=O)c1c(-n2ccc3nc4ccn(Cc5ccco5)c(=O)c4cc3c2=O)n[nH]c1C. The fraction of sp³-hybridized carbons (Fsp3) is 0.174. The molecule has 0 unspecified atom stereocenters. The van der Waals surface area contributed by atoms with Crippen LogP contribution in [0.4, 0.5) is 0 Å². The summed E-state index contributed by atoms with van der Waals surface area (Å²) < 4.78 is 13.2. The quantitative estimate of drug-likeness (QED) is 0.325. The van der Waals surface area contributed by atoms with Crippen molar-refractivity contribution in [3.8, 4) is 5.82 Å². The Morgan fingerprint density at radius 1 is 1.12 bits per heavy atom. The number of nitrogens with one attached hydrogen (secondary N) is 1. The van der Waals surface area contributed by atoms with E-state index in [0.717, 1.165) is 0 Å². The molecule has 10 nitrogen and oxygen atoms in total. The molecule has 33 heavy (non-hydrogen) atoms. The van der Waals surface area contributed by atoms with Gasteiger partial charge in [0.1, 0.15) is 11.3 Å². The number of ether oxygens (including phenoxy) is 1. The number of carbonyl (C=O) groups excluding carboxylic acids is 1. The van der Waals surface area contributed by atoms with Gasteiger partial charge in [0.25, 0.3) is 11.1 Å². The van der Waals surface area contributed by atoms with Crippen LogP contribution < -0.4 is 11.1 Å². The molecule has 5 aromatic heterocycles. The number of aromatic amines is 1. The zero-order chi connectivity index (χ0) is 23.1. The van der Waals surface area contributed by atoms with Crippen LogP contribution in [0.1, 0.15) is 28.7 Å². The fourth-order valence-corrected chi connectivity index (χ4v) is 3.76. The van der Waals surface area contributed by atoms with E-state index in [-0.39, 0.29) is 35.5 Å². The molecule has 10 heteroatoms. The van der Waals surface area contributed by atoms with E-state index in [4.69, 9.17) is 9.15 Å². The van der Waals surface area contributed by atoms with Crippen molar-refractivity contribution in [3.63, 3.8) is 0 Å². The molecule has 5 heterocycles. The third kappa shape index (κ3) is 3.41. The minimum atomic E-state index is -0.580. The maximum absolute atomic E-state index is 13.4. The van der Waals surface area contributed by atoms with Gasteiger partial charge >= 0.3 is 5.97 Å². The number of fused-ring (bicyclic) bond motifs is 2. The Bertz CT molecular complexity index is 1630. The second-order valence-electron chi connectivity index (χ2n) is 7.44.